The van der Waals surface area contributed by atoms with Crippen LogP contribution in [0.15, 0.2) is 29.7 Å². The summed E-state index contributed by atoms with van der Waals surface area (Å²) < 4.78 is 35.1. The molecule has 0 unspecified atom stereocenters. The number of nitrogens with two attached hydrogens (primary N) is 1. The number of benzene rings is 1. The highest BCUT2D eigenvalue weighted by molar-refractivity contribution is 8.03. The van der Waals surface area contributed by atoms with Crippen molar-refractivity contribution < 1.29 is 13.2 Å². The van der Waals surface area contributed by atoms with Crippen LogP contribution in [0.25, 0.3) is 6.08 Å². The Bertz CT molecular complexity index is 316. The summed E-state index contributed by atoms with van der Waals surface area (Å²) in [4.78, 5) is 0. The molecule has 0 aromatic heterocycles. The summed E-state index contributed by atoms with van der Waals surface area (Å²) >= 11 is -0.179. The van der Waals surface area contributed by atoms with Gasteiger partial charge >= 0.3 is 5.51 Å². The molecule has 0 aliphatic heterocycles. The van der Waals surface area contributed by atoms with Crippen LogP contribution in [0.5, 0.6) is 0 Å². The minimum absolute atomic E-state index is 0.179. The molecule has 14 heavy (non-hydrogen) atoms. The molecule has 0 spiro atoms. The van der Waals surface area contributed by atoms with Crippen molar-refractivity contribution in [2.45, 2.75) is 5.51 Å². The molecule has 0 amide bonds. The van der Waals surface area contributed by atoms with Crippen molar-refractivity contribution in [1.29, 1.82) is 0 Å². The van der Waals surface area contributed by atoms with Gasteiger partial charge in [0.25, 0.3) is 0 Å². The van der Waals surface area contributed by atoms with E-state index in [1.165, 1.54) is 6.08 Å². The van der Waals surface area contributed by atoms with E-state index < -0.39 is 5.51 Å². The number of alkyl halides is 3. The van der Waals surface area contributed by atoms with Crippen LogP contribution in [-0.2, 0) is 0 Å². The zero-order valence-electron chi connectivity index (χ0n) is 7.08. The van der Waals surface area contributed by atoms with Gasteiger partial charge in [0.05, 0.1) is 0 Å². The monoisotopic (exact) mass is 219 g/mol. The molecule has 0 heterocycles. The third-order valence-electron chi connectivity index (χ3n) is 1.40. The maximum Gasteiger partial charge on any atom is 0.445 e. The summed E-state index contributed by atoms with van der Waals surface area (Å²) in [6, 6.07) is 6.58. The second kappa shape index (κ2) is 4.41. The van der Waals surface area contributed by atoms with Crippen molar-refractivity contribution in [3.8, 4) is 0 Å². The van der Waals surface area contributed by atoms with E-state index in [1.54, 1.807) is 24.3 Å². The average Bonchev–Trinajstić information content (AvgIpc) is 2.06. The van der Waals surface area contributed by atoms with E-state index in [2.05, 4.69) is 0 Å². The van der Waals surface area contributed by atoms with Gasteiger partial charge in [0.1, 0.15) is 0 Å². The number of hydrogen-bond donors (Lipinski definition) is 1. The second-order valence-corrected chi connectivity index (χ2v) is 3.50. The third-order valence-corrected chi connectivity index (χ3v) is 1.94. The second-order valence-electron chi connectivity index (χ2n) is 2.53. The number of nitrogen functional groups attached to an aromatic ring is 1. The van der Waals surface area contributed by atoms with Gasteiger partial charge in [-0.1, -0.05) is 12.1 Å². The van der Waals surface area contributed by atoms with Gasteiger partial charge in [-0.15, -0.1) is 0 Å². The van der Waals surface area contributed by atoms with Crippen molar-refractivity contribution in [3.63, 3.8) is 0 Å². The van der Waals surface area contributed by atoms with Crippen LogP contribution >= 0.6 is 11.8 Å². The first-order chi connectivity index (χ1) is 6.47. The lowest BCUT2D eigenvalue weighted by molar-refractivity contribution is -0.0319. The van der Waals surface area contributed by atoms with Gasteiger partial charge in [0.2, 0.25) is 0 Å². The molecule has 0 saturated heterocycles. The standard InChI is InChI=1S/C9H8F3NS/c10-9(11,12)14-6-5-7-1-3-8(13)4-2-7/h1-6H,13H2/b6-5+. The van der Waals surface area contributed by atoms with E-state index >= 15 is 0 Å². The van der Waals surface area contributed by atoms with E-state index in [0.717, 1.165) is 5.41 Å². The summed E-state index contributed by atoms with van der Waals surface area (Å²) in [5.74, 6) is 0. The summed E-state index contributed by atoms with van der Waals surface area (Å²) in [6.45, 7) is 0. The van der Waals surface area contributed by atoms with Gasteiger partial charge < -0.3 is 5.73 Å². The Morgan fingerprint density at radius 1 is 1.14 bits per heavy atom. The Morgan fingerprint density at radius 3 is 2.21 bits per heavy atom. The molecule has 0 aliphatic rings. The van der Waals surface area contributed by atoms with Crippen LogP contribution < -0.4 is 5.73 Å². The first-order valence-electron chi connectivity index (χ1n) is 3.74. The van der Waals surface area contributed by atoms with Crippen LogP contribution in [0.2, 0.25) is 0 Å². The molecular weight excluding hydrogens is 211 g/mol. The number of hydrogen-bond acceptors (Lipinski definition) is 2. The molecule has 0 bridgehead atoms. The molecule has 2 N–H and O–H groups in total. The predicted molar refractivity (Wildman–Crippen MR) is 53.5 cm³/mol. The Kier molecular flexibility index (Phi) is 3.46. The lowest BCUT2D eigenvalue weighted by atomic mass is 10.2. The summed E-state index contributed by atoms with van der Waals surface area (Å²) in [7, 11) is 0. The van der Waals surface area contributed by atoms with Gasteiger partial charge in [0, 0.05) is 5.69 Å². The quantitative estimate of drug-likeness (QED) is 0.770. The highest BCUT2D eigenvalue weighted by Gasteiger charge is 2.26. The first-order valence-corrected chi connectivity index (χ1v) is 4.62. The smallest absolute Gasteiger partial charge is 0.399 e. The van der Waals surface area contributed by atoms with Crippen molar-refractivity contribution in [1.82, 2.24) is 0 Å². The van der Waals surface area contributed by atoms with Crippen molar-refractivity contribution in [3.05, 3.63) is 35.2 Å². The molecule has 0 aliphatic carbocycles. The molecule has 1 aromatic carbocycles. The largest absolute Gasteiger partial charge is 0.445 e. The zero-order chi connectivity index (χ0) is 10.6. The number of anilines is 1. The van der Waals surface area contributed by atoms with Gasteiger partial charge in [0.15, 0.2) is 0 Å². The summed E-state index contributed by atoms with van der Waals surface area (Å²) in [5.41, 5.74) is 2.48. The van der Waals surface area contributed by atoms with Crippen LogP contribution in [-0.4, -0.2) is 5.51 Å². The highest BCUT2D eigenvalue weighted by Crippen LogP contribution is 2.31. The summed E-state index contributed by atoms with van der Waals surface area (Å²) in [5, 5.41) is 1.01. The third kappa shape index (κ3) is 4.23. The number of halogens is 3. The van der Waals surface area contributed by atoms with E-state index in [0.29, 0.717) is 11.3 Å². The topological polar surface area (TPSA) is 26.0 Å². The Balaban J connectivity index is 2.57. The predicted octanol–water partition coefficient (Wildman–Crippen LogP) is 3.49. The Hall–Kier alpha value is -1.10. The van der Waals surface area contributed by atoms with Crippen molar-refractivity contribution in [2.75, 3.05) is 5.73 Å². The summed E-state index contributed by atoms with van der Waals surface area (Å²) in [6.07, 6.45) is 1.39. The minimum Gasteiger partial charge on any atom is -0.399 e. The molecule has 0 fully saturated rings. The van der Waals surface area contributed by atoms with Crippen molar-refractivity contribution >= 4 is 23.5 Å². The molecule has 0 atom stereocenters. The molecule has 0 saturated carbocycles. The Labute approximate surface area is 83.8 Å². The molecule has 1 rings (SSSR count). The van der Waals surface area contributed by atoms with Gasteiger partial charge in [-0.25, -0.2) is 0 Å². The van der Waals surface area contributed by atoms with Crippen LogP contribution in [0, 0.1) is 0 Å². The molecule has 0 radical (unpaired) electrons. The fourth-order valence-corrected chi connectivity index (χ4v) is 1.18. The zero-order valence-corrected chi connectivity index (χ0v) is 7.90. The normalized spacial score (nSPS) is 12.2. The van der Waals surface area contributed by atoms with Crippen LogP contribution in [0.1, 0.15) is 5.56 Å². The van der Waals surface area contributed by atoms with E-state index in [4.69, 9.17) is 5.73 Å². The lowest BCUT2D eigenvalue weighted by Crippen LogP contribution is -1.96. The van der Waals surface area contributed by atoms with E-state index in [9.17, 15) is 13.2 Å². The van der Waals surface area contributed by atoms with E-state index in [1.807, 2.05) is 0 Å². The minimum atomic E-state index is -4.22. The maximum atomic E-state index is 11.7. The molecule has 1 nitrogen and oxygen atoms in total. The highest BCUT2D eigenvalue weighted by atomic mass is 32.2. The number of rotatable bonds is 2. The SMILES string of the molecule is Nc1ccc(/C=C/SC(F)(F)F)cc1. The molecule has 5 heteroatoms. The van der Waals surface area contributed by atoms with Crippen LogP contribution in [0.3, 0.4) is 0 Å². The Morgan fingerprint density at radius 2 is 1.71 bits per heavy atom. The maximum absolute atomic E-state index is 11.7. The van der Waals surface area contributed by atoms with Crippen LogP contribution in [0.4, 0.5) is 18.9 Å². The lowest BCUT2D eigenvalue weighted by Gasteiger charge is -1.99. The van der Waals surface area contributed by atoms with E-state index in [-0.39, 0.29) is 11.8 Å². The molecule has 76 valence electrons. The fourth-order valence-electron chi connectivity index (χ4n) is 0.797. The molecule has 1 aromatic rings. The number of thioether (sulfide) groups is 1. The van der Waals surface area contributed by atoms with Gasteiger partial charge in [-0.2, -0.15) is 13.2 Å². The van der Waals surface area contributed by atoms with Gasteiger partial charge in [-0.3, -0.25) is 0 Å². The molecular formula is C9H8F3NS. The average molecular weight is 219 g/mol. The fraction of sp³-hybridized carbons (Fsp3) is 0.111. The van der Waals surface area contributed by atoms with Gasteiger partial charge in [-0.05, 0) is 40.9 Å². The first kappa shape index (κ1) is 11.0. The van der Waals surface area contributed by atoms with Crippen molar-refractivity contribution in [2.24, 2.45) is 0 Å².